The number of carbonyl (C=O) groups is 1. The van der Waals surface area contributed by atoms with Crippen LogP contribution in [0, 0.1) is 11.8 Å². The van der Waals surface area contributed by atoms with Crippen LogP contribution in [-0.4, -0.2) is 12.6 Å². The Morgan fingerprint density at radius 1 is 1.38 bits per heavy atom. The summed E-state index contributed by atoms with van der Waals surface area (Å²) in [6.07, 6.45) is 6.21. The Kier molecular flexibility index (Phi) is 4.26. The third kappa shape index (κ3) is 3.37. The highest BCUT2D eigenvalue weighted by atomic mass is 16.5. The second-order valence-electron chi connectivity index (χ2n) is 4.44. The molecule has 0 aliphatic heterocycles. The summed E-state index contributed by atoms with van der Waals surface area (Å²) in [5.74, 6) is 1.32. The topological polar surface area (TPSA) is 26.3 Å². The molecule has 13 heavy (non-hydrogen) atoms. The first kappa shape index (κ1) is 10.6. The molecule has 1 saturated carbocycles. The van der Waals surface area contributed by atoms with Gasteiger partial charge in [-0.25, -0.2) is 0 Å². The van der Waals surface area contributed by atoms with Crippen LogP contribution in [0.15, 0.2) is 0 Å². The monoisotopic (exact) mass is 184 g/mol. The van der Waals surface area contributed by atoms with Crippen LogP contribution in [0.4, 0.5) is 0 Å². The van der Waals surface area contributed by atoms with Crippen LogP contribution in [0.2, 0.25) is 0 Å². The summed E-state index contributed by atoms with van der Waals surface area (Å²) in [5, 5.41) is 0. The van der Waals surface area contributed by atoms with Crippen LogP contribution in [0.5, 0.6) is 0 Å². The molecule has 0 N–H and O–H groups in total. The van der Waals surface area contributed by atoms with Crippen LogP contribution in [0.1, 0.15) is 46.0 Å². The third-order valence-corrected chi connectivity index (χ3v) is 2.84. The molecule has 2 unspecified atom stereocenters. The van der Waals surface area contributed by atoms with E-state index in [9.17, 15) is 4.79 Å². The molecule has 1 fully saturated rings. The predicted octanol–water partition coefficient (Wildman–Crippen LogP) is 2.76. The van der Waals surface area contributed by atoms with E-state index in [-0.39, 0.29) is 6.10 Å². The summed E-state index contributed by atoms with van der Waals surface area (Å²) in [5.41, 5.74) is 0. The highest BCUT2D eigenvalue weighted by molar-refractivity contribution is 5.37. The van der Waals surface area contributed by atoms with Gasteiger partial charge in [0.25, 0.3) is 6.47 Å². The van der Waals surface area contributed by atoms with Crippen molar-refractivity contribution in [2.24, 2.45) is 11.8 Å². The van der Waals surface area contributed by atoms with E-state index >= 15 is 0 Å². The van der Waals surface area contributed by atoms with Gasteiger partial charge in [-0.15, -0.1) is 0 Å². The van der Waals surface area contributed by atoms with Crippen molar-refractivity contribution in [3.8, 4) is 0 Å². The van der Waals surface area contributed by atoms with E-state index in [1.165, 1.54) is 25.7 Å². The van der Waals surface area contributed by atoms with Crippen molar-refractivity contribution >= 4 is 6.47 Å². The van der Waals surface area contributed by atoms with Crippen LogP contribution >= 0.6 is 0 Å². The fraction of sp³-hybridized carbons (Fsp3) is 0.909. The molecule has 2 nitrogen and oxygen atoms in total. The van der Waals surface area contributed by atoms with Crippen molar-refractivity contribution in [3.63, 3.8) is 0 Å². The van der Waals surface area contributed by atoms with Crippen molar-refractivity contribution in [1.82, 2.24) is 0 Å². The Hall–Kier alpha value is -0.530. The van der Waals surface area contributed by atoms with E-state index in [2.05, 4.69) is 13.8 Å². The van der Waals surface area contributed by atoms with Gasteiger partial charge in [-0.3, -0.25) is 4.79 Å². The fourth-order valence-electron chi connectivity index (χ4n) is 2.30. The van der Waals surface area contributed by atoms with Crippen LogP contribution < -0.4 is 0 Å². The lowest BCUT2D eigenvalue weighted by Gasteiger charge is -2.30. The maximum Gasteiger partial charge on any atom is 0.293 e. The largest absolute Gasteiger partial charge is 0.464 e. The van der Waals surface area contributed by atoms with Gasteiger partial charge in [-0.05, 0) is 37.5 Å². The summed E-state index contributed by atoms with van der Waals surface area (Å²) in [4.78, 5) is 10.3. The first-order chi connectivity index (χ1) is 6.24. The molecule has 0 bridgehead atoms. The lowest BCUT2D eigenvalue weighted by atomic mass is 9.81. The van der Waals surface area contributed by atoms with Gasteiger partial charge < -0.3 is 4.74 Å². The van der Waals surface area contributed by atoms with Crippen LogP contribution in [-0.2, 0) is 9.53 Å². The van der Waals surface area contributed by atoms with Gasteiger partial charge in [0.2, 0.25) is 0 Å². The normalized spacial score (nSPS) is 28.8. The number of rotatable bonds is 4. The van der Waals surface area contributed by atoms with Gasteiger partial charge in [0.15, 0.2) is 0 Å². The van der Waals surface area contributed by atoms with Gasteiger partial charge in [0, 0.05) is 0 Å². The minimum Gasteiger partial charge on any atom is -0.464 e. The fourth-order valence-corrected chi connectivity index (χ4v) is 2.30. The molecular weight excluding hydrogens is 164 g/mol. The van der Waals surface area contributed by atoms with Gasteiger partial charge in [-0.1, -0.05) is 20.3 Å². The molecule has 1 aliphatic carbocycles. The molecule has 0 heterocycles. The third-order valence-electron chi connectivity index (χ3n) is 2.84. The molecule has 0 aromatic rings. The van der Waals surface area contributed by atoms with Crippen molar-refractivity contribution in [2.45, 2.75) is 52.1 Å². The number of carbonyl (C=O) groups excluding carboxylic acids is 1. The van der Waals surface area contributed by atoms with E-state index in [0.717, 1.165) is 6.42 Å². The van der Waals surface area contributed by atoms with E-state index in [4.69, 9.17) is 4.74 Å². The van der Waals surface area contributed by atoms with Crippen molar-refractivity contribution in [1.29, 1.82) is 0 Å². The summed E-state index contributed by atoms with van der Waals surface area (Å²) >= 11 is 0. The molecule has 2 heteroatoms. The van der Waals surface area contributed by atoms with E-state index in [0.29, 0.717) is 18.3 Å². The minimum absolute atomic E-state index is 0.202. The lowest BCUT2D eigenvalue weighted by molar-refractivity contribution is -0.138. The Morgan fingerprint density at radius 3 is 2.69 bits per heavy atom. The van der Waals surface area contributed by atoms with Crippen molar-refractivity contribution < 1.29 is 9.53 Å². The number of ether oxygens (including phenoxy) is 1. The lowest BCUT2D eigenvalue weighted by Crippen LogP contribution is -2.28. The molecule has 0 aromatic heterocycles. The predicted molar refractivity (Wildman–Crippen MR) is 52.4 cm³/mol. The Balaban J connectivity index is 2.41. The Morgan fingerprint density at radius 2 is 2.08 bits per heavy atom. The highest BCUT2D eigenvalue weighted by Crippen LogP contribution is 2.31. The maximum atomic E-state index is 10.3. The van der Waals surface area contributed by atoms with E-state index in [1.807, 2.05) is 0 Å². The number of hydrogen-bond acceptors (Lipinski definition) is 2. The Labute approximate surface area is 80.7 Å². The first-order valence-corrected chi connectivity index (χ1v) is 5.33. The second-order valence-corrected chi connectivity index (χ2v) is 4.44. The molecule has 0 radical (unpaired) electrons. The second kappa shape index (κ2) is 5.25. The summed E-state index contributed by atoms with van der Waals surface area (Å²) in [6, 6.07) is 0. The van der Waals surface area contributed by atoms with Crippen LogP contribution in [0.3, 0.4) is 0 Å². The molecule has 2 atom stereocenters. The SMILES string of the molecule is CC(C)CC1CCCCC1OC=O. The molecule has 1 aliphatic rings. The summed E-state index contributed by atoms with van der Waals surface area (Å²) < 4.78 is 5.12. The standard InChI is InChI=1S/C11H20O2/c1-9(2)7-10-5-3-4-6-11(10)13-8-12/h8-11H,3-7H2,1-2H3. The van der Waals surface area contributed by atoms with Crippen LogP contribution in [0.25, 0.3) is 0 Å². The van der Waals surface area contributed by atoms with Crippen molar-refractivity contribution in [2.75, 3.05) is 0 Å². The zero-order valence-electron chi connectivity index (χ0n) is 8.66. The molecule has 0 spiro atoms. The minimum atomic E-state index is 0.202. The quantitative estimate of drug-likeness (QED) is 0.628. The zero-order chi connectivity index (χ0) is 9.68. The molecule has 0 amide bonds. The molecular formula is C11H20O2. The molecule has 76 valence electrons. The zero-order valence-corrected chi connectivity index (χ0v) is 8.66. The summed E-state index contributed by atoms with van der Waals surface area (Å²) in [7, 11) is 0. The maximum absolute atomic E-state index is 10.3. The smallest absolute Gasteiger partial charge is 0.293 e. The van der Waals surface area contributed by atoms with E-state index < -0.39 is 0 Å². The van der Waals surface area contributed by atoms with E-state index in [1.54, 1.807) is 0 Å². The van der Waals surface area contributed by atoms with Crippen molar-refractivity contribution in [3.05, 3.63) is 0 Å². The van der Waals surface area contributed by atoms with Gasteiger partial charge in [0.1, 0.15) is 6.10 Å². The molecule has 0 saturated heterocycles. The van der Waals surface area contributed by atoms with Gasteiger partial charge in [0.05, 0.1) is 0 Å². The average Bonchev–Trinajstić information content (AvgIpc) is 2.08. The summed E-state index contributed by atoms with van der Waals surface area (Å²) in [6.45, 7) is 5.07. The highest BCUT2D eigenvalue weighted by Gasteiger charge is 2.26. The Bertz CT molecular complexity index is 154. The molecule has 0 aromatic carbocycles. The van der Waals surface area contributed by atoms with Gasteiger partial charge >= 0.3 is 0 Å². The number of hydrogen-bond donors (Lipinski definition) is 0. The molecule has 1 rings (SSSR count). The van der Waals surface area contributed by atoms with Gasteiger partial charge in [-0.2, -0.15) is 0 Å². The average molecular weight is 184 g/mol. The first-order valence-electron chi connectivity index (χ1n) is 5.33.